The van der Waals surface area contributed by atoms with E-state index in [1.165, 1.54) is 5.56 Å². The summed E-state index contributed by atoms with van der Waals surface area (Å²) in [5.74, 6) is 0.866. The Morgan fingerprint density at radius 2 is 1.89 bits per heavy atom. The molecule has 28 heavy (non-hydrogen) atoms. The molecular formula is C23H34N2O3. The van der Waals surface area contributed by atoms with Crippen molar-refractivity contribution in [2.75, 3.05) is 33.8 Å². The highest BCUT2D eigenvalue weighted by Gasteiger charge is 2.41. The van der Waals surface area contributed by atoms with Crippen LogP contribution in [0.4, 0.5) is 0 Å². The van der Waals surface area contributed by atoms with E-state index >= 15 is 0 Å². The first-order chi connectivity index (χ1) is 13.5. The summed E-state index contributed by atoms with van der Waals surface area (Å²) < 4.78 is 6.18. The molecule has 1 aromatic rings. The number of hydrogen-bond donors (Lipinski definition) is 0. The molecule has 2 fully saturated rings. The van der Waals surface area contributed by atoms with E-state index in [-0.39, 0.29) is 17.4 Å². The van der Waals surface area contributed by atoms with E-state index < -0.39 is 0 Å². The third kappa shape index (κ3) is 5.57. The van der Waals surface area contributed by atoms with Gasteiger partial charge in [-0.3, -0.25) is 9.59 Å². The normalized spacial score (nSPS) is 21.5. The molecule has 1 atom stereocenters. The van der Waals surface area contributed by atoms with Crippen molar-refractivity contribution < 1.29 is 14.3 Å². The molecule has 5 nitrogen and oxygen atoms in total. The Bertz CT molecular complexity index is 651. The van der Waals surface area contributed by atoms with E-state index in [9.17, 15) is 9.59 Å². The monoisotopic (exact) mass is 386 g/mol. The van der Waals surface area contributed by atoms with Crippen LogP contribution >= 0.6 is 0 Å². The number of amides is 2. The molecule has 2 aliphatic heterocycles. The lowest BCUT2D eigenvalue weighted by atomic mass is 9.78. The van der Waals surface area contributed by atoms with Crippen LogP contribution in [0.15, 0.2) is 30.3 Å². The minimum atomic E-state index is -0.129. The molecule has 0 saturated carbocycles. The number of aryl methyl sites for hydroxylation is 1. The van der Waals surface area contributed by atoms with Crippen LogP contribution in [0.25, 0.3) is 0 Å². The van der Waals surface area contributed by atoms with Crippen molar-refractivity contribution in [3.8, 4) is 0 Å². The van der Waals surface area contributed by atoms with E-state index in [0.29, 0.717) is 18.8 Å². The zero-order chi connectivity index (χ0) is 20.0. The van der Waals surface area contributed by atoms with E-state index in [2.05, 4.69) is 12.1 Å². The second kappa shape index (κ2) is 9.55. The fourth-order valence-corrected chi connectivity index (χ4v) is 4.49. The predicted molar refractivity (Wildman–Crippen MR) is 110 cm³/mol. The molecule has 2 saturated heterocycles. The summed E-state index contributed by atoms with van der Waals surface area (Å²) in [4.78, 5) is 28.3. The lowest BCUT2D eigenvalue weighted by Crippen LogP contribution is -2.51. The van der Waals surface area contributed by atoms with Gasteiger partial charge < -0.3 is 14.5 Å². The molecular weight excluding hydrogens is 352 g/mol. The van der Waals surface area contributed by atoms with Crippen molar-refractivity contribution >= 4 is 11.8 Å². The van der Waals surface area contributed by atoms with Gasteiger partial charge in [0.2, 0.25) is 11.8 Å². The lowest BCUT2D eigenvalue weighted by Gasteiger charge is -2.46. The van der Waals surface area contributed by atoms with Crippen molar-refractivity contribution in [1.29, 1.82) is 0 Å². The summed E-state index contributed by atoms with van der Waals surface area (Å²) in [6, 6.07) is 10.3. The average Bonchev–Trinajstić information content (AvgIpc) is 2.69. The zero-order valence-electron chi connectivity index (χ0n) is 17.4. The molecule has 0 aliphatic carbocycles. The van der Waals surface area contributed by atoms with E-state index in [1.54, 1.807) is 4.90 Å². The number of piperidine rings is 1. The van der Waals surface area contributed by atoms with Crippen LogP contribution in [0.3, 0.4) is 0 Å². The van der Waals surface area contributed by atoms with Crippen molar-refractivity contribution in [3.05, 3.63) is 35.9 Å². The van der Waals surface area contributed by atoms with Gasteiger partial charge in [-0.15, -0.1) is 0 Å². The number of hydrogen-bond acceptors (Lipinski definition) is 3. The number of carbonyl (C=O) groups excluding carboxylic acids is 2. The van der Waals surface area contributed by atoms with Crippen LogP contribution < -0.4 is 0 Å². The quantitative estimate of drug-likeness (QED) is 0.754. The number of nitrogens with zero attached hydrogens (tertiary/aromatic N) is 2. The molecule has 0 bridgehead atoms. The topological polar surface area (TPSA) is 49.9 Å². The summed E-state index contributed by atoms with van der Waals surface area (Å²) in [7, 11) is 3.64. The molecule has 0 N–H and O–H groups in total. The first-order valence-electron chi connectivity index (χ1n) is 10.6. The Balaban J connectivity index is 1.42. The van der Waals surface area contributed by atoms with Gasteiger partial charge in [0, 0.05) is 46.6 Å². The Labute approximate surface area is 169 Å². The largest absolute Gasteiger partial charge is 0.375 e. The Morgan fingerprint density at radius 1 is 1.18 bits per heavy atom. The standard InChI is InChI=1S/C23H34N2O3/c1-24(2)22(27)17-20-11-16-28-23(18-20)12-14-25(15-13-23)21(26)10-6-9-19-7-4-3-5-8-19/h3-5,7-8,20H,6,9-18H2,1-2H3. The van der Waals surface area contributed by atoms with E-state index in [4.69, 9.17) is 4.74 Å². The second-order valence-corrected chi connectivity index (χ2v) is 8.60. The number of likely N-dealkylation sites (tertiary alicyclic amines) is 1. The Morgan fingerprint density at radius 3 is 2.57 bits per heavy atom. The van der Waals surface area contributed by atoms with Gasteiger partial charge in [-0.1, -0.05) is 30.3 Å². The average molecular weight is 387 g/mol. The van der Waals surface area contributed by atoms with Gasteiger partial charge in [-0.25, -0.2) is 0 Å². The fraction of sp³-hybridized carbons (Fsp3) is 0.652. The highest BCUT2D eigenvalue weighted by atomic mass is 16.5. The first kappa shape index (κ1) is 20.8. The lowest BCUT2D eigenvalue weighted by molar-refractivity contribution is -0.149. The molecule has 2 heterocycles. The zero-order valence-corrected chi connectivity index (χ0v) is 17.4. The number of carbonyl (C=O) groups is 2. The first-order valence-corrected chi connectivity index (χ1v) is 10.6. The smallest absolute Gasteiger partial charge is 0.222 e. The molecule has 1 aromatic carbocycles. The maximum Gasteiger partial charge on any atom is 0.222 e. The number of benzene rings is 1. The van der Waals surface area contributed by atoms with Gasteiger partial charge in [0.15, 0.2) is 0 Å². The van der Waals surface area contributed by atoms with Gasteiger partial charge in [0.1, 0.15) is 0 Å². The molecule has 0 aromatic heterocycles. The molecule has 154 valence electrons. The minimum Gasteiger partial charge on any atom is -0.375 e. The molecule has 2 amide bonds. The van der Waals surface area contributed by atoms with Crippen LogP contribution in [0.5, 0.6) is 0 Å². The van der Waals surface area contributed by atoms with Crippen molar-refractivity contribution in [2.24, 2.45) is 5.92 Å². The maximum atomic E-state index is 12.6. The highest BCUT2D eigenvalue weighted by molar-refractivity contribution is 5.76. The summed E-state index contributed by atoms with van der Waals surface area (Å²) in [5, 5.41) is 0. The third-order valence-corrected chi connectivity index (χ3v) is 6.28. The highest BCUT2D eigenvalue weighted by Crippen LogP contribution is 2.39. The number of rotatable bonds is 6. The SMILES string of the molecule is CN(C)C(=O)CC1CCOC2(CCN(C(=O)CCCc3ccccc3)CC2)C1. The third-order valence-electron chi connectivity index (χ3n) is 6.28. The molecule has 1 spiro atoms. The van der Waals surface area contributed by atoms with Gasteiger partial charge in [-0.2, -0.15) is 0 Å². The summed E-state index contributed by atoms with van der Waals surface area (Å²) in [6.07, 6.45) is 6.77. The fourth-order valence-electron chi connectivity index (χ4n) is 4.49. The van der Waals surface area contributed by atoms with Crippen LogP contribution in [-0.2, 0) is 20.7 Å². The summed E-state index contributed by atoms with van der Waals surface area (Å²) in [5.41, 5.74) is 1.16. The van der Waals surface area contributed by atoms with E-state index in [0.717, 1.165) is 58.2 Å². The van der Waals surface area contributed by atoms with Gasteiger partial charge in [0.25, 0.3) is 0 Å². The molecule has 5 heteroatoms. The van der Waals surface area contributed by atoms with Crippen LogP contribution in [-0.4, -0.2) is 61.0 Å². The molecule has 2 aliphatic rings. The van der Waals surface area contributed by atoms with E-state index in [1.807, 2.05) is 37.2 Å². The van der Waals surface area contributed by atoms with Crippen molar-refractivity contribution in [3.63, 3.8) is 0 Å². The molecule has 1 unspecified atom stereocenters. The Kier molecular flexibility index (Phi) is 7.11. The second-order valence-electron chi connectivity index (χ2n) is 8.60. The maximum absolute atomic E-state index is 12.6. The predicted octanol–water partition coefficient (Wildman–Crippen LogP) is 3.28. The molecule has 0 radical (unpaired) electrons. The summed E-state index contributed by atoms with van der Waals surface area (Å²) >= 11 is 0. The van der Waals surface area contributed by atoms with Crippen LogP contribution in [0.1, 0.15) is 50.5 Å². The minimum absolute atomic E-state index is 0.129. The van der Waals surface area contributed by atoms with Crippen molar-refractivity contribution in [2.45, 2.75) is 57.0 Å². The van der Waals surface area contributed by atoms with Crippen LogP contribution in [0.2, 0.25) is 0 Å². The summed E-state index contributed by atoms with van der Waals surface area (Å²) in [6.45, 7) is 2.29. The molecule has 3 rings (SSSR count). The van der Waals surface area contributed by atoms with Gasteiger partial charge in [-0.05, 0) is 50.0 Å². The Hall–Kier alpha value is -1.88. The van der Waals surface area contributed by atoms with Crippen LogP contribution in [0, 0.1) is 5.92 Å². The van der Waals surface area contributed by atoms with Crippen molar-refractivity contribution in [1.82, 2.24) is 9.80 Å². The van der Waals surface area contributed by atoms with Gasteiger partial charge in [0.05, 0.1) is 5.60 Å². The number of ether oxygens (including phenoxy) is 1. The van der Waals surface area contributed by atoms with Gasteiger partial charge >= 0.3 is 0 Å².